The average molecular weight is 283 g/mol. The second-order valence-corrected chi connectivity index (χ2v) is 3.62. The summed E-state index contributed by atoms with van der Waals surface area (Å²) >= 11 is 0. The van der Waals surface area contributed by atoms with Crippen LogP contribution in [0.15, 0.2) is 18.2 Å². The Balaban J connectivity index is 0.000000980. The molecule has 4 heteroatoms. The predicted octanol–water partition coefficient (Wildman–Crippen LogP) is 1.31. The summed E-state index contributed by atoms with van der Waals surface area (Å²) in [4.78, 5) is 0. The molecule has 0 spiro atoms. The molecule has 0 fully saturated rings. The van der Waals surface area contributed by atoms with Gasteiger partial charge in [0.25, 0.3) is 0 Å². The van der Waals surface area contributed by atoms with Gasteiger partial charge in [0.2, 0.25) is 0 Å². The molecule has 0 aliphatic carbocycles. The molecule has 1 N–H and O–H groups in total. The molecule has 1 aliphatic rings. The molecular formula is C10H13NOPY-. The zero-order chi connectivity index (χ0) is 9.10. The van der Waals surface area contributed by atoms with Gasteiger partial charge in [-0.3, -0.25) is 0 Å². The van der Waals surface area contributed by atoms with Crippen molar-refractivity contribution in [1.29, 1.82) is 0 Å². The van der Waals surface area contributed by atoms with E-state index in [4.69, 9.17) is 4.52 Å². The molecule has 1 aromatic carbocycles. The van der Waals surface area contributed by atoms with E-state index >= 15 is 0 Å². The summed E-state index contributed by atoms with van der Waals surface area (Å²) in [5.74, 6) is 0. The smallest absolute Gasteiger partial charge is 0.0657 e. The van der Waals surface area contributed by atoms with Gasteiger partial charge in [-0.25, -0.2) is 0 Å². The average Bonchev–Trinajstić information content (AvgIpc) is 2.18. The van der Waals surface area contributed by atoms with E-state index in [0.717, 1.165) is 19.6 Å². The molecule has 0 bridgehead atoms. The third-order valence-corrected chi connectivity index (χ3v) is 2.56. The molecular weight excluding hydrogens is 270 g/mol. The summed E-state index contributed by atoms with van der Waals surface area (Å²) in [6.07, 6.45) is 1.02. The van der Waals surface area contributed by atoms with Crippen molar-refractivity contribution in [3.05, 3.63) is 35.4 Å². The maximum absolute atomic E-state index is 5.04. The Labute approximate surface area is 112 Å². The monoisotopic (exact) mass is 283 g/mol. The second kappa shape index (κ2) is 6.30. The van der Waals surface area contributed by atoms with Crippen molar-refractivity contribution in [1.82, 2.24) is 5.32 Å². The second-order valence-electron chi connectivity index (χ2n) is 3.29. The van der Waals surface area contributed by atoms with E-state index in [0.29, 0.717) is 6.04 Å². The van der Waals surface area contributed by atoms with Crippen LogP contribution in [0.3, 0.4) is 0 Å². The van der Waals surface area contributed by atoms with E-state index in [1.165, 1.54) is 11.1 Å². The molecule has 2 rings (SSSR count). The molecule has 0 aromatic heterocycles. The van der Waals surface area contributed by atoms with Gasteiger partial charge in [-0.15, -0.1) is 5.56 Å². The SMILES string of the molecule is POCC1Cc2[c-]cccc2CN1.[Y]. The molecule has 1 heterocycles. The Hall–Kier alpha value is 0.674. The Morgan fingerprint density at radius 2 is 2.50 bits per heavy atom. The number of hydrogen-bond acceptors (Lipinski definition) is 2. The molecule has 2 unspecified atom stereocenters. The van der Waals surface area contributed by atoms with Gasteiger partial charge >= 0.3 is 0 Å². The fourth-order valence-electron chi connectivity index (χ4n) is 1.67. The van der Waals surface area contributed by atoms with E-state index in [-0.39, 0.29) is 32.7 Å². The van der Waals surface area contributed by atoms with Crippen LogP contribution in [0.25, 0.3) is 0 Å². The van der Waals surface area contributed by atoms with Crippen molar-refractivity contribution < 1.29 is 37.2 Å². The van der Waals surface area contributed by atoms with E-state index in [9.17, 15) is 0 Å². The normalized spacial score (nSPS) is 19.6. The van der Waals surface area contributed by atoms with Crippen molar-refractivity contribution in [2.45, 2.75) is 19.0 Å². The van der Waals surface area contributed by atoms with Gasteiger partial charge in [0.05, 0.1) is 6.61 Å². The Kier molecular flexibility index (Phi) is 5.73. The van der Waals surface area contributed by atoms with Crippen LogP contribution in [0, 0.1) is 6.07 Å². The first-order valence-corrected chi connectivity index (χ1v) is 4.91. The molecule has 0 amide bonds. The first kappa shape index (κ1) is 12.7. The Morgan fingerprint density at radius 3 is 3.29 bits per heavy atom. The quantitative estimate of drug-likeness (QED) is 0.652. The van der Waals surface area contributed by atoms with Crippen molar-refractivity contribution in [2.24, 2.45) is 0 Å². The fraction of sp³-hybridized carbons (Fsp3) is 0.400. The molecule has 0 saturated heterocycles. The van der Waals surface area contributed by atoms with E-state index < -0.39 is 0 Å². The van der Waals surface area contributed by atoms with Crippen LogP contribution in [0.2, 0.25) is 0 Å². The van der Waals surface area contributed by atoms with Crippen LogP contribution in [0.4, 0.5) is 0 Å². The van der Waals surface area contributed by atoms with Crippen LogP contribution >= 0.6 is 9.47 Å². The number of fused-ring (bicyclic) bond motifs is 1. The van der Waals surface area contributed by atoms with Crippen LogP contribution in [0.5, 0.6) is 0 Å². The van der Waals surface area contributed by atoms with E-state index in [1.807, 2.05) is 12.1 Å². The number of rotatable bonds is 2. The van der Waals surface area contributed by atoms with Crippen molar-refractivity contribution >= 4 is 9.47 Å². The summed E-state index contributed by atoms with van der Waals surface area (Å²) in [5.41, 5.74) is 2.69. The third kappa shape index (κ3) is 3.08. The fourth-order valence-corrected chi connectivity index (χ4v) is 1.90. The molecule has 1 radical (unpaired) electrons. The van der Waals surface area contributed by atoms with Crippen LogP contribution in [0.1, 0.15) is 11.1 Å². The first-order valence-electron chi connectivity index (χ1n) is 4.43. The summed E-state index contributed by atoms with van der Waals surface area (Å²) < 4.78 is 5.04. The van der Waals surface area contributed by atoms with Crippen molar-refractivity contribution in [2.75, 3.05) is 6.61 Å². The van der Waals surface area contributed by atoms with Gasteiger partial charge < -0.3 is 9.84 Å². The zero-order valence-corrected chi connectivity index (χ0v) is 12.0. The Morgan fingerprint density at radius 1 is 1.64 bits per heavy atom. The van der Waals surface area contributed by atoms with Gasteiger partial charge in [0.1, 0.15) is 0 Å². The predicted molar refractivity (Wildman–Crippen MR) is 55.3 cm³/mol. The van der Waals surface area contributed by atoms with Crippen molar-refractivity contribution in [3.63, 3.8) is 0 Å². The van der Waals surface area contributed by atoms with Crippen LogP contribution in [-0.2, 0) is 50.2 Å². The summed E-state index contributed by atoms with van der Waals surface area (Å²) in [6.45, 7) is 1.68. The maximum Gasteiger partial charge on any atom is 0.0657 e. The molecule has 0 saturated carbocycles. The van der Waals surface area contributed by atoms with Crippen LogP contribution < -0.4 is 5.32 Å². The molecule has 2 atom stereocenters. The van der Waals surface area contributed by atoms with Gasteiger partial charge in [-0.2, -0.15) is 29.8 Å². The minimum atomic E-state index is 0. The number of nitrogens with one attached hydrogen (secondary N) is 1. The maximum atomic E-state index is 5.04. The summed E-state index contributed by atoms with van der Waals surface area (Å²) in [6, 6.07) is 9.87. The van der Waals surface area contributed by atoms with Crippen molar-refractivity contribution in [3.8, 4) is 0 Å². The number of hydrogen-bond donors (Lipinski definition) is 1. The first-order chi connectivity index (χ1) is 6.40. The molecule has 2 nitrogen and oxygen atoms in total. The van der Waals surface area contributed by atoms with Gasteiger partial charge in [-0.05, 0) is 13.0 Å². The summed E-state index contributed by atoms with van der Waals surface area (Å²) in [7, 11) is 2.29. The van der Waals surface area contributed by atoms with E-state index in [1.54, 1.807) is 0 Å². The third-order valence-electron chi connectivity index (χ3n) is 2.37. The van der Waals surface area contributed by atoms with Gasteiger partial charge in [-0.1, -0.05) is 0 Å². The summed E-state index contributed by atoms with van der Waals surface area (Å²) in [5, 5.41) is 3.42. The number of benzene rings is 1. The van der Waals surface area contributed by atoms with E-state index in [2.05, 4.69) is 26.9 Å². The van der Waals surface area contributed by atoms with Gasteiger partial charge in [0.15, 0.2) is 0 Å². The molecule has 14 heavy (non-hydrogen) atoms. The topological polar surface area (TPSA) is 21.3 Å². The minimum Gasteiger partial charge on any atom is -0.364 e. The molecule has 73 valence electrons. The van der Waals surface area contributed by atoms with Gasteiger partial charge in [0, 0.05) is 48.2 Å². The van der Waals surface area contributed by atoms with Crippen LogP contribution in [-0.4, -0.2) is 12.6 Å². The minimum absolute atomic E-state index is 0. The standard InChI is InChI=1S/C10H13NOP.Y/c13-12-7-10-5-8-3-1-2-4-9(8)6-11-10;/h1-2,4,10-11H,5-7,13H2;/q-1;. The largest absolute Gasteiger partial charge is 0.364 e. The Bertz CT molecular complexity index is 295. The molecule has 1 aliphatic heterocycles. The molecule has 1 aromatic rings. The zero-order valence-electron chi connectivity index (χ0n) is 7.99.